The fourth-order valence-corrected chi connectivity index (χ4v) is 1.64. The molecule has 18 heavy (non-hydrogen) atoms. The zero-order chi connectivity index (χ0) is 13.5. The number of aliphatic carboxylic acids is 1. The number of imide groups is 1. The van der Waals surface area contributed by atoms with Gasteiger partial charge >= 0.3 is 12.0 Å². The largest absolute Gasteiger partial charge is 0.481 e. The predicted molar refractivity (Wildman–Crippen MR) is 65.0 cm³/mol. The molecule has 6 nitrogen and oxygen atoms in total. The van der Waals surface area contributed by atoms with E-state index in [1.807, 2.05) is 6.92 Å². The minimum atomic E-state index is -1.04. The first-order valence-corrected chi connectivity index (χ1v) is 6.33. The zero-order valence-electron chi connectivity index (χ0n) is 10.6. The molecule has 0 bridgehead atoms. The molecule has 0 aromatic heterocycles. The Balaban J connectivity index is 2.34. The second-order valence-electron chi connectivity index (χ2n) is 4.64. The van der Waals surface area contributed by atoms with Crippen LogP contribution in [0.2, 0.25) is 0 Å². The van der Waals surface area contributed by atoms with Crippen molar-refractivity contribution in [2.75, 3.05) is 13.1 Å². The number of amides is 3. The summed E-state index contributed by atoms with van der Waals surface area (Å²) in [6.45, 7) is 3.28. The quantitative estimate of drug-likeness (QED) is 0.716. The maximum atomic E-state index is 11.8. The molecule has 1 rings (SSSR count). The predicted octanol–water partition coefficient (Wildman–Crippen LogP) is 1.21. The lowest BCUT2D eigenvalue weighted by Crippen LogP contribution is -2.44. The zero-order valence-corrected chi connectivity index (χ0v) is 10.6. The first-order chi connectivity index (χ1) is 8.52. The van der Waals surface area contributed by atoms with Crippen molar-refractivity contribution in [3.8, 4) is 0 Å². The summed E-state index contributed by atoms with van der Waals surface area (Å²) >= 11 is 0. The number of nitrogens with zero attached hydrogens (tertiary/aromatic N) is 1. The average molecular weight is 256 g/mol. The van der Waals surface area contributed by atoms with Crippen LogP contribution in [0.1, 0.15) is 39.0 Å². The first-order valence-electron chi connectivity index (χ1n) is 6.33. The summed E-state index contributed by atoms with van der Waals surface area (Å²) in [5, 5.41) is 10.7. The van der Waals surface area contributed by atoms with Gasteiger partial charge in [0.05, 0.1) is 6.42 Å². The normalized spacial score (nSPS) is 14.1. The van der Waals surface area contributed by atoms with Crippen molar-refractivity contribution in [1.82, 2.24) is 10.2 Å². The van der Waals surface area contributed by atoms with E-state index in [0.717, 1.165) is 19.3 Å². The van der Waals surface area contributed by atoms with Crippen LogP contribution in [-0.2, 0) is 9.59 Å². The fourth-order valence-electron chi connectivity index (χ4n) is 1.64. The lowest BCUT2D eigenvalue weighted by Gasteiger charge is -2.21. The number of hydrogen-bond acceptors (Lipinski definition) is 3. The van der Waals surface area contributed by atoms with Crippen LogP contribution < -0.4 is 5.32 Å². The molecule has 6 heteroatoms. The summed E-state index contributed by atoms with van der Waals surface area (Å²) in [6.07, 6.45) is 2.70. The molecule has 1 aliphatic rings. The molecule has 0 atom stereocenters. The molecule has 0 aromatic rings. The molecule has 0 radical (unpaired) electrons. The van der Waals surface area contributed by atoms with Crippen molar-refractivity contribution < 1.29 is 19.5 Å². The number of nitrogens with one attached hydrogen (secondary N) is 1. The van der Waals surface area contributed by atoms with E-state index in [1.165, 1.54) is 0 Å². The molecular weight excluding hydrogens is 236 g/mol. The third-order valence-electron chi connectivity index (χ3n) is 2.77. The molecule has 0 aromatic carbocycles. The van der Waals surface area contributed by atoms with Gasteiger partial charge in [-0.2, -0.15) is 0 Å². The van der Waals surface area contributed by atoms with Crippen LogP contribution >= 0.6 is 0 Å². The van der Waals surface area contributed by atoms with E-state index in [1.54, 1.807) is 4.90 Å². The molecule has 0 aliphatic heterocycles. The van der Waals surface area contributed by atoms with Gasteiger partial charge in [-0.3, -0.25) is 14.9 Å². The van der Waals surface area contributed by atoms with E-state index in [-0.39, 0.29) is 12.8 Å². The minimum Gasteiger partial charge on any atom is -0.481 e. The summed E-state index contributed by atoms with van der Waals surface area (Å²) in [5.74, 6) is -1.00. The van der Waals surface area contributed by atoms with E-state index in [2.05, 4.69) is 5.32 Å². The van der Waals surface area contributed by atoms with Gasteiger partial charge in [-0.15, -0.1) is 0 Å². The SMILES string of the molecule is CCCN(CC1CC1)C(=O)NC(=O)CCC(=O)O. The molecule has 0 saturated heterocycles. The monoisotopic (exact) mass is 256 g/mol. The lowest BCUT2D eigenvalue weighted by molar-refractivity contribution is -0.138. The molecular formula is C12H20N2O4. The van der Waals surface area contributed by atoms with Crippen molar-refractivity contribution in [2.24, 2.45) is 5.92 Å². The van der Waals surface area contributed by atoms with Crippen LogP contribution in [0.4, 0.5) is 4.79 Å². The molecule has 0 heterocycles. The number of carbonyl (C=O) groups excluding carboxylic acids is 2. The van der Waals surface area contributed by atoms with Crippen molar-refractivity contribution in [3.05, 3.63) is 0 Å². The smallest absolute Gasteiger partial charge is 0.324 e. The van der Waals surface area contributed by atoms with Crippen LogP contribution in [-0.4, -0.2) is 41.0 Å². The van der Waals surface area contributed by atoms with Crippen LogP contribution in [0.15, 0.2) is 0 Å². The number of carboxylic acids is 1. The van der Waals surface area contributed by atoms with Gasteiger partial charge in [-0.1, -0.05) is 6.92 Å². The first kappa shape index (κ1) is 14.5. The maximum Gasteiger partial charge on any atom is 0.324 e. The summed E-state index contributed by atoms with van der Waals surface area (Å²) in [7, 11) is 0. The molecule has 0 unspecified atom stereocenters. The minimum absolute atomic E-state index is 0.162. The fraction of sp³-hybridized carbons (Fsp3) is 0.750. The highest BCUT2D eigenvalue weighted by molar-refractivity contribution is 5.95. The van der Waals surface area contributed by atoms with Crippen LogP contribution in [0.3, 0.4) is 0 Å². The standard InChI is InChI=1S/C12H20N2O4/c1-2-7-14(8-9-3-4-9)12(18)13-10(15)5-6-11(16)17/h9H,2-8H2,1H3,(H,16,17)(H,13,15,18). The van der Waals surface area contributed by atoms with Gasteiger partial charge < -0.3 is 10.0 Å². The van der Waals surface area contributed by atoms with Gasteiger partial charge in [0.25, 0.3) is 0 Å². The summed E-state index contributed by atoms with van der Waals surface area (Å²) < 4.78 is 0. The van der Waals surface area contributed by atoms with Crippen molar-refractivity contribution in [2.45, 2.75) is 39.0 Å². The van der Waals surface area contributed by atoms with Gasteiger partial charge in [-0.25, -0.2) is 4.79 Å². The highest BCUT2D eigenvalue weighted by atomic mass is 16.4. The van der Waals surface area contributed by atoms with Gasteiger partial charge in [0, 0.05) is 19.5 Å². The van der Waals surface area contributed by atoms with Gasteiger partial charge in [0.1, 0.15) is 0 Å². The Morgan fingerprint density at radius 3 is 2.44 bits per heavy atom. The maximum absolute atomic E-state index is 11.8. The van der Waals surface area contributed by atoms with Crippen LogP contribution in [0.25, 0.3) is 0 Å². The molecule has 2 N–H and O–H groups in total. The third-order valence-corrected chi connectivity index (χ3v) is 2.77. The number of rotatable bonds is 7. The lowest BCUT2D eigenvalue weighted by atomic mass is 10.3. The second kappa shape index (κ2) is 6.98. The van der Waals surface area contributed by atoms with Gasteiger partial charge in [0.2, 0.25) is 5.91 Å². The van der Waals surface area contributed by atoms with Crippen molar-refractivity contribution in [3.63, 3.8) is 0 Å². The van der Waals surface area contributed by atoms with E-state index in [4.69, 9.17) is 5.11 Å². The summed E-state index contributed by atoms with van der Waals surface area (Å²) in [6, 6.07) is -0.404. The summed E-state index contributed by atoms with van der Waals surface area (Å²) in [4.78, 5) is 35.1. The number of carbonyl (C=O) groups is 3. The number of hydrogen-bond donors (Lipinski definition) is 2. The molecule has 1 aliphatic carbocycles. The second-order valence-corrected chi connectivity index (χ2v) is 4.64. The topological polar surface area (TPSA) is 86.7 Å². The van der Waals surface area contributed by atoms with Gasteiger partial charge in [0.15, 0.2) is 0 Å². The molecule has 1 fully saturated rings. The Bertz CT molecular complexity index is 326. The Kier molecular flexibility index (Phi) is 5.61. The Labute approximate surface area is 106 Å². The third kappa shape index (κ3) is 5.65. The van der Waals surface area contributed by atoms with Crippen molar-refractivity contribution >= 4 is 17.9 Å². The highest BCUT2D eigenvalue weighted by Crippen LogP contribution is 2.29. The average Bonchev–Trinajstić information content (AvgIpc) is 3.09. The molecule has 3 amide bonds. The van der Waals surface area contributed by atoms with E-state index < -0.39 is 17.9 Å². The van der Waals surface area contributed by atoms with Crippen molar-refractivity contribution in [1.29, 1.82) is 0 Å². The number of urea groups is 1. The Hall–Kier alpha value is -1.59. The summed E-state index contributed by atoms with van der Waals surface area (Å²) in [5.41, 5.74) is 0. The number of carboxylic acid groups (broad SMARTS) is 1. The van der Waals surface area contributed by atoms with E-state index in [9.17, 15) is 14.4 Å². The Morgan fingerprint density at radius 2 is 1.94 bits per heavy atom. The van der Waals surface area contributed by atoms with E-state index in [0.29, 0.717) is 19.0 Å². The van der Waals surface area contributed by atoms with Gasteiger partial charge in [-0.05, 0) is 25.2 Å². The molecule has 102 valence electrons. The molecule has 1 saturated carbocycles. The Morgan fingerprint density at radius 1 is 1.28 bits per heavy atom. The van der Waals surface area contributed by atoms with Crippen LogP contribution in [0, 0.1) is 5.92 Å². The van der Waals surface area contributed by atoms with E-state index >= 15 is 0 Å². The van der Waals surface area contributed by atoms with Crippen LogP contribution in [0.5, 0.6) is 0 Å². The highest BCUT2D eigenvalue weighted by Gasteiger charge is 2.26. The molecule has 0 spiro atoms.